The first-order valence-corrected chi connectivity index (χ1v) is 8.26. The van der Waals surface area contributed by atoms with Gasteiger partial charge in [-0.05, 0) is 48.6 Å². The second kappa shape index (κ2) is 5.78. The Morgan fingerprint density at radius 2 is 2.17 bits per heavy atom. The van der Waals surface area contributed by atoms with Crippen LogP contribution in [0, 0.1) is 12.8 Å². The molecule has 0 saturated heterocycles. The van der Waals surface area contributed by atoms with Gasteiger partial charge in [-0.15, -0.1) is 0 Å². The molecule has 2 aliphatic rings. The topological polar surface area (TPSA) is 51.2 Å². The number of esters is 1. The molecule has 0 unspecified atom stereocenters. The standard InChI is InChI=1S/C20H20N2O2/c1-12-13(20(23)24-2)9-10-16-14-6-5-7-15(14)19(22-18(12)16)17-8-3-4-11-21-17/h3-6,8-11,14-15,19,22H,7H2,1-2H3/t14-,15-,19+/m1/s1. The number of benzene rings is 1. The van der Waals surface area contributed by atoms with Crippen molar-refractivity contribution in [2.24, 2.45) is 5.92 Å². The number of aromatic nitrogens is 1. The molecule has 0 amide bonds. The number of nitrogens with zero attached hydrogens (tertiary/aromatic N) is 1. The fourth-order valence-corrected chi connectivity index (χ4v) is 4.00. The Hall–Kier alpha value is -2.62. The van der Waals surface area contributed by atoms with Crippen molar-refractivity contribution in [2.45, 2.75) is 25.3 Å². The largest absolute Gasteiger partial charge is 0.465 e. The van der Waals surface area contributed by atoms with Crippen LogP contribution in [0.5, 0.6) is 0 Å². The molecule has 3 atom stereocenters. The number of fused-ring (bicyclic) bond motifs is 3. The summed E-state index contributed by atoms with van der Waals surface area (Å²) < 4.78 is 4.91. The van der Waals surface area contributed by atoms with Gasteiger partial charge in [-0.25, -0.2) is 4.79 Å². The van der Waals surface area contributed by atoms with Crippen LogP contribution in [0.15, 0.2) is 48.7 Å². The van der Waals surface area contributed by atoms with E-state index in [4.69, 9.17) is 4.74 Å². The van der Waals surface area contributed by atoms with Crippen LogP contribution in [0.2, 0.25) is 0 Å². The highest BCUT2D eigenvalue weighted by Gasteiger charge is 2.39. The van der Waals surface area contributed by atoms with E-state index in [0.29, 0.717) is 17.4 Å². The van der Waals surface area contributed by atoms with Crippen molar-refractivity contribution in [3.8, 4) is 0 Å². The number of hydrogen-bond donors (Lipinski definition) is 1. The van der Waals surface area contributed by atoms with Crippen molar-refractivity contribution in [3.05, 3.63) is 71.1 Å². The first kappa shape index (κ1) is 14.9. The van der Waals surface area contributed by atoms with Crippen molar-refractivity contribution in [3.63, 3.8) is 0 Å². The van der Waals surface area contributed by atoms with E-state index in [2.05, 4.69) is 34.6 Å². The Morgan fingerprint density at radius 3 is 2.92 bits per heavy atom. The molecule has 1 aromatic carbocycles. The van der Waals surface area contributed by atoms with Crippen LogP contribution in [-0.2, 0) is 4.74 Å². The summed E-state index contributed by atoms with van der Waals surface area (Å²) in [6, 6.07) is 10.1. The summed E-state index contributed by atoms with van der Waals surface area (Å²) in [5, 5.41) is 3.66. The van der Waals surface area contributed by atoms with Crippen molar-refractivity contribution in [1.29, 1.82) is 0 Å². The van der Waals surface area contributed by atoms with Gasteiger partial charge >= 0.3 is 5.97 Å². The molecule has 4 heteroatoms. The maximum Gasteiger partial charge on any atom is 0.338 e. The number of carbonyl (C=O) groups is 1. The average Bonchev–Trinajstić information content (AvgIpc) is 3.11. The Balaban J connectivity index is 1.83. The predicted molar refractivity (Wildman–Crippen MR) is 93.1 cm³/mol. The lowest BCUT2D eigenvalue weighted by Crippen LogP contribution is -2.30. The SMILES string of the molecule is COC(=O)c1ccc2c(c1C)N[C@H](c1ccccn1)[C@@H]1CC=C[C@@H]21. The molecule has 0 spiro atoms. The number of hydrogen-bond acceptors (Lipinski definition) is 4. The quantitative estimate of drug-likeness (QED) is 0.671. The fourth-order valence-electron chi connectivity index (χ4n) is 4.00. The molecule has 1 N–H and O–H groups in total. The number of allylic oxidation sites excluding steroid dienone is 2. The number of nitrogens with one attached hydrogen (secondary N) is 1. The summed E-state index contributed by atoms with van der Waals surface area (Å²) in [5.74, 6) is 0.519. The molecule has 4 nitrogen and oxygen atoms in total. The van der Waals surface area contributed by atoms with E-state index in [-0.39, 0.29) is 12.0 Å². The summed E-state index contributed by atoms with van der Waals surface area (Å²) >= 11 is 0. The van der Waals surface area contributed by atoms with Crippen LogP contribution in [0.1, 0.15) is 45.6 Å². The van der Waals surface area contributed by atoms with Crippen LogP contribution >= 0.6 is 0 Å². The van der Waals surface area contributed by atoms with Crippen molar-refractivity contribution >= 4 is 11.7 Å². The summed E-state index contributed by atoms with van der Waals surface area (Å²) in [6.07, 6.45) is 7.42. The molecule has 0 radical (unpaired) electrons. The predicted octanol–water partition coefficient (Wildman–Crippen LogP) is 4.00. The average molecular weight is 320 g/mol. The highest BCUT2D eigenvalue weighted by Crippen LogP contribution is 2.50. The molecule has 1 aliphatic carbocycles. The molecule has 24 heavy (non-hydrogen) atoms. The Bertz CT molecular complexity index is 814. The lowest BCUT2D eigenvalue weighted by Gasteiger charge is -2.38. The molecule has 1 aliphatic heterocycles. The molecular formula is C20H20N2O2. The number of methoxy groups -OCH3 is 1. The van der Waals surface area contributed by atoms with Gasteiger partial charge in [0.2, 0.25) is 0 Å². The Labute approximate surface area is 141 Å². The third-order valence-corrected chi connectivity index (χ3v) is 5.21. The molecule has 0 bridgehead atoms. The third-order valence-electron chi connectivity index (χ3n) is 5.21. The lowest BCUT2D eigenvalue weighted by molar-refractivity contribution is 0.0600. The Morgan fingerprint density at radius 1 is 1.29 bits per heavy atom. The van der Waals surface area contributed by atoms with Crippen molar-refractivity contribution in [2.75, 3.05) is 12.4 Å². The van der Waals surface area contributed by atoms with E-state index < -0.39 is 0 Å². The van der Waals surface area contributed by atoms with Crippen LogP contribution in [0.3, 0.4) is 0 Å². The van der Waals surface area contributed by atoms with Gasteiger partial charge in [0.05, 0.1) is 24.4 Å². The molecule has 2 aromatic rings. The number of carbonyl (C=O) groups excluding carboxylic acids is 1. The minimum Gasteiger partial charge on any atom is -0.465 e. The summed E-state index contributed by atoms with van der Waals surface area (Å²) in [7, 11) is 1.42. The van der Waals surface area contributed by atoms with E-state index in [1.165, 1.54) is 12.7 Å². The van der Waals surface area contributed by atoms with Gasteiger partial charge in [-0.2, -0.15) is 0 Å². The number of anilines is 1. The van der Waals surface area contributed by atoms with Gasteiger partial charge in [0.1, 0.15) is 0 Å². The minimum absolute atomic E-state index is 0.144. The zero-order valence-electron chi connectivity index (χ0n) is 13.8. The molecule has 4 rings (SSSR count). The molecule has 0 saturated carbocycles. The van der Waals surface area contributed by atoms with Crippen LogP contribution in [0.4, 0.5) is 5.69 Å². The second-order valence-electron chi connectivity index (χ2n) is 6.42. The van der Waals surface area contributed by atoms with Gasteiger partial charge in [-0.3, -0.25) is 4.98 Å². The van der Waals surface area contributed by atoms with Crippen molar-refractivity contribution < 1.29 is 9.53 Å². The molecule has 2 heterocycles. The second-order valence-corrected chi connectivity index (χ2v) is 6.42. The first-order valence-electron chi connectivity index (χ1n) is 8.26. The third kappa shape index (κ3) is 2.21. The van der Waals surface area contributed by atoms with Gasteiger partial charge in [-0.1, -0.05) is 24.3 Å². The highest BCUT2D eigenvalue weighted by molar-refractivity contribution is 5.93. The van der Waals surface area contributed by atoms with E-state index in [1.807, 2.05) is 31.3 Å². The first-order chi connectivity index (χ1) is 11.7. The van der Waals surface area contributed by atoms with Crippen LogP contribution in [0.25, 0.3) is 0 Å². The van der Waals surface area contributed by atoms with Gasteiger partial charge in [0, 0.05) is 17.8 Å². The summed E-state index contributed by atoms with van der Waals surface area (Å²) in [4.78, 5) is 16.6. The van der Waals surface area contributed by atoms with E-state index in [9.17, 15) is 4.79 Å². The highest BCUT2D eigenvalue weighted by atomic mass is 16.5. The van der Waals surface area contributed by atoms with E-state index in [1.54, 1.807) is 0 Å². The van der Waals surface area contributed by atoms with E-state index >= 15 is 0 Å². The number of ether oxygens (including phenoxy) is 1. The maximum absolute atomic E-state index is 12.0. The molecule has 1 aromatic heterocycles. The summed E-state index contributed by atoms with van der Waals surface area (Å²) in [6.45, 7) is 1.98. The Kier molecular flexibility index (Phi) is 3.60. The smallest absolute Gasteiger partial charge is 0.338 e. The summed E-state index contributed by atoms with van der Waals surface area (Å²) in [5.41, 5.74) is 4.90. The van der Waals surface area contributed by atoms with Gasteiger partial charge < -0.3 is 10.1 Å². The van der Waals surface area contributed by atoms with Crippen LogP contribution in [-0.4, -0.2) is 18.1 Å². The van der Waals surface area contributed by atoms with Gasteiger partial charge in [0.15, 0.2) is 0 Å². The van der Waals surface area contributed by atoms with Crippen molar-refractivity contribution in [1.82, 2.24) is 4.98 Å². The number of pyridine rings is 1. The van der Waals surface area contributed by atoms with Crippen LogP contribution < -0.4 is 5.32 Å². The monoisotopic (exact) mass is 320 g/mol. The fraction of sp³-hybridized carbons (Fsp3) is 0.300. The zero-order chi connectivity index (χ0) is 16.7. The number of rotatable bonds is 2. The molecule has 122 valence electrons. The van der Waals surface area contributed by atoms with E-state index in [0.717, 1.165) is 23.4 Å². The lowest BCUT2D eigenvalue weighted by atomic mass is 9.77. The zero-order valence-corrected chi connectivity index (χ0v) is 13.8. The molecule has 0 fully saturated rings. The van der Waals surface area contributed by atoms with Gasteiger partial charge in [0.25, 0.3) is 0 Å². The molecular weight excluding hydrogens is 300 g/mol. The maximum atomic E-state index is 12.0. The normalized spacial score (nSPS) is 24.0. The minimum atomic E-state index is -0.296.